The van der Waals surface area contributed by atoms with E-state index in [0.717, 1.165) is 22.3 Å². The van der Waals surface area contributed by atoms with Gasteiger partial charge in [0.15, 0.2) is 0 Å². The van der Waals surface area contributed by atoms with Crippen LogP contribution in [0.15, 0.2) is 41.3 Å². The monoisotopic (exact) mass is 321 g/mol. The second-order valence-corrected chi connectivity index (χ2v) is 5.00. The fraction of sp³-hybridized carbons (Fsp3) is 0.286. The molecule has 100 valence electrons. The molecule has 0 saturated carbocycles. The third-order valence-electron chi connectivity index (χ3n) is 2.94. The van der Waals surface area contributed by atoms with Crippen molar-refractivity contribution in [1.82, 2.24) is 15.3 Å². The van der Waals surface area contributed by atoms with Gasteiger partial charge < -0.3 is 10.1 Å². The van der Waals surface area contributed by atoms with Crippen molar-refractivity contribution < 1.29 is 4.74 Å². The van der Waals surface area contributed by atoms with E-state index in [2.05, 4.69) is 43.3 Å². The third kappa shape index (κ3) is 3.52. The number of benzene rings is 1. The summed E-state index contributed by atoms with van der Waals surface area (Å²) in [6.45, 7) is 0. The lowest BCUT2D eigenvalue weighted by Gasteiger charge is -2.15. The number of aromatic nitrogens is 2. The van der Waals surface area contributed by atoms with Crippen molar-refractivity contribution in [2.24, 2.45) is 0 Å². The largest absolute Gasteiger partial charge is 0.496 e. The van der Waals surface area contributed by atoms with Gasteiger partial charge in [-0.3, -0.25) is 9.97 Å². The smallest absolute Gasteiger partial charge is 0.133 e. The minimum Gasteiger partial charge on any atom is -0.496 e. The van der Waals surface area contributed by atoms with Gasteiger partial charge in [0.25, 0.3) is 0 Å². The predicted octanol–water partition coefficient (Wildman–Crippen LogP) is 2.75. The molecule has 0 aliphatic heterocycles. The van der Waals surface area contributed by atoms with Gasteiger partial charge >= 0.3 is 0 Å². The van der Waals surface area contributed by atoms with Gasteiger partial charge in [-0.2, -0.15) is 0 Å². The van der Waals surface area contributed by atoms with Crippen LogP contribution in [0.5, 0.6) is 5.75 Å². The Hall–Kier alpha value is -1.46. The standard InChI is InChI=1S/C14H16BrN3O/c1-16-12(13-9-17-5-6-18-13)8-10-3-4-14(19-2)11(15)7-10/h3-7,9,12,16H,8H2,1-2H3. The van der Waals surface area contributed by atoms with E-state index in [9.17, 15) is 0 Å². The molecule has 1 N–H and O–H groups in total. The first kappa shape index (κ1) is 14.0. The summed E-state index contributed by atoms with van der Waals surface area (Å²) in [5.41, 5.74) is 2.15. The van der Waals surface area contributed by atoms with Crippen LogP contribution in [0.25, 0.3) is 0 Å². The minimum absolute atomic E-state index is 0.147. The van der Waals surface area contributed by atoms with Gasteiger partial charge in [0.05, 0.1) is 23.3 Å². The Balaban J connectivity index is 2.17. The summed E-state index contributed by atoms with van der Waals surface area (Å²) in [5, 5.41) is 3.27. The van der Waals surface area contributed by atoms with E-state index in [-0.39, 0.29) is 6.04 Å². The number of hydrogen-bond acceptors (Lipinski definition) is 4. The lowest BCUT2D eigenvalue weighted by atomic mass is 10.0. The maximum Gasteiger partial charge on any atom is 0.133 e. The molecule has 1 aromatic carbocycles. The number of nitrogens with one attached hydrogen (secondary N) is 1. The quantitative estimate of drug-likeness (QED) is 0.919. The van der Waals surface area contributed by atoms with Crippen LogP contribution in [0.3, 0.4) is 0 Å². The van der Waals surface area contributed by atoms with Crippen molar-refractivity contribution in [3.8, 4) is 5.75 Å². The van der Waals surface area contributed by atoms with Crippen LogP contribution in [0.2, 0.25) is 0 Å². The number of likely N-dealkylation sites (N-methyl/N-ethyl adjacent to an activating group) is 1. The van der Waals surface area contributed by atoms with Crippen LogP contribution < -0.4 is 10.1 Å². The summed E-state index contributed by atoms with van der Waals surface area (Å²) in [6, 6.07) is 6.24. The molecule has 2 aromatic rings. The normalized spacial score (nSPS) is 12.2. The number of hydrogen-bond donors (Lipinski definition) is 1. The van der Waals surface area contributed by atoms with Gasteiger partial charge in [-0.25, -0.2) is 0 Å². The fourth-order valence-corrected chi connectivity index (χ4v) is 2.51. The molecule has 0 fully saturated rings. The van der Waals surface area contributed by atoms with Crippen molar-refractivity contribution in [3.63, 3.8) is 0 Å². The number of halogens is 1. The van der Waals surface area contributed by atoms with E-state index >= 15 is 0 Å². The predicted molar refractivity (Wildman–Crippen MR) is 78.2 cm³/mol. The van der Waals surface area contributed by atoms with Crippen molar-refractivity contribution in [3.05, 3.63) is 52.5 Å². The molecule has 1 atom stereocenters. The molecule has 1 heterocycles. The molecule has 1 unspecified atom stereocenters. The average molecular weight is 322 g/mol. The molecule has 5 heteroatoms. The molecule has 0 saturated heterocycles. The Kier molecular flexibility index (Phi) is 4.87. The van der Waals surface area contributed by atoms with Crippen LogP contribution in [-0.4, -0.2) is 24.1 Å². The molecular formula is C14H16BrN3O. The van der Waals surface area contributed by atoms with E-state index < -0.39 is 0 Å². The lowest BCUT2D eigenvalue weighted by Crippen LogP contribution is -2.20. The minimum atomic E-state index is 0.147. The number of rotatable bonds is 5. The average Bonchev–Trinajstić information content (AvgIpc) is 2.46. The highest BCUT2D eigenvalue weighted by Crippen LogP contribution is 2.27. The molecule has 0 spiro atoms. The molecule has 2 rings (SSSR count). The van der Waals surface area contributed by atoms with Crippen molar-refractivity contribution in [2.45, 2.75) is 12.5 Å². The van der Waals surface area contributed by atoms with E-state index in [1.807, 2.05) is 13.1 Å². The summed E-state index contributed by atoms with van der Waals surface area (Å²) >= 11 is 3.50. The van der Waals surface area contributed by atoms with Crippen molar-refractivity contribution >= 4 is 15.9 Å². The SMILES string of the molecule is CNC(Cc1ccc(OC)c(Br)c1)c1cnccn1. The summed E-state index contributed by atoms with van der Waals surface area (Å²) < 4.78 is 6.19. The fourth-order valence-electron chi connectivity index (χ4n) is 1.92. The summed E-state index contributed by atoms with van der Waals surface area (Å²) in [7, 11) is 3.59. The Morgan fingerprint density at radius 3 is 2.79 bits per heavy atom. The van der Waals surface area contributed by atoms with Crippen LogP contribution in [0.4, 0.5) is 0 Å². The first-order valence-electron chi connectivity index (χ1n) is 6.00. The molecule has 0 radical (unpaired) electrons. The Bertz CT molecular complexity index is 533. The second kappa shape index (κ2) is 6.63. The van der Waals surface area contributed by atoms with E-state index in [1.165, 1.54) is 5.56 Å². The van der Waals surface area contributed by atoms with Gasteiger partial charge in [0.2, 0.25) is 0 Å². The zero-order valence-corrected chi connectivity index (χ0v) is 12.5. The summed E-state index contributed by atoms with van der Waals surface area (Å²) in [5.74, 6) is 0.837. The molecule has 0 bridgehead atoms. The molecule has 0 aliphatic rings. The van der Waals surface area contributed by atoms with E-state index in [4.69, 9.17) is 4.74 Å². The van der Waals surface area contributed by atoms with Crippen molar-refractivity contribution in [2.75, 3.05) is 14.2 Å². The van der Waals surface area contributed by atoms with Crippen LogP contribution in [0.1, 0.15) is 17.3 Å². The highest BCUT2D eigenvalue weighted by atomic mass is 79.9. The highest BCUT2D eigenvalue weighted by molar-refractivity contribution is 9.10. The Labute approximate surface area is 121 Å². The lowest BCUT2D eigenvalue weighted by molar-refractivity contribution is 0.412. The van der Waals surface area contributed by atoms with E-state index in [1.54, 1.807) is 25.7 Å². The second-order valence-electron chi connectivity index (χ2n) is 4.14. The molecule has 0 aliphatic carbocycles. The Morgan fingerprint density at radius 1 is 1.37 bits per heavy atom. The maximum atomic E-state index is 5.23. The maximum absolute atomic E-state index is 5.23. The first-order chi connectivity index (χ1) is 9.24. The highest BCUT2D eigenvalue weighted by Gasteiger charge is 2.12. The first-order valence-corrected chi connectivity index (χ1v) is 6.79. The summed E-state index contributed by atoms with van der Waals surface area (Å²) in [4.78, 5) is 8.45. The summed E-state index contributed by atoms with van der Waals surface area (Å²) in [6.07, 6.45) is 6.03. The number of methoxy groups -OCH3 is 1. The van der Waals surface area contributed by atoms with Gasteiger partial charge in [-0.15, -0.1) is 0 Å². The Morgan fingerprint density at radius 2 is 2.21 bits per heavy atom. The molecule has 1 aromatic heterocycles. The molecule has 4 nitrogen and oxygen atoms in total. The third-order valence-corrected chi connectivity index (χ3v) is 3.56. The van der Waals surface area contributed by atoms with Gasteiger partial charge in [0, 0.05) is 18.6 Å². The van der Waals surface area contributed by atoms with Gasteiger partial charge in [-0.05, 0) is 47.1 Å². The van der Waals surface area contributed by atoms with Gasteiger partial charge in [0.1, 0.15) is 5.75 Å². The topological polar surface area (TPSA) is 47.0 Å². The molecular weight excluding hydrogens is 306 g/mol. The van der Waals surface area contributed by atoms with E-state index in [0.29, 0.717) is 0 Å². The molecule has 0 amide bonds. The van der Waals surface area contributed by atoms with Crippen LogP contribution >= 0.6 is 15.9 Å². The molecule has 19 heavy (non-hydrogen) atoms. The zero-order chi connectivity index (χ0) is 13.7. The zero-order valence-electron chi connectivity index (χ0n) is 10.9. The number of nitrogens with zero attached hydrogens (tertiary/aromatic N) is 2. The van der Waals surface area contributed by atoms with Crippen LogP contribution in [0, 0.1) is 0 Å². The number of ether oxygens (including phenoxy) is 1. The van der Waals surface area contributed by atoms with Gasteiger partial charge in [-0.1, -0.05) is 6.07 Å². The van der Waals surface area contributed by atoms with Crippen LogP contribution in [-0.2, 0) is 6.42 Å². The van der Waals surface area contributed by atoms with Crippen molar-refractivity contribution in [1.29, 1.82) is 0 Å².